The van der Waals surface area contributed by atoms with E-state index in [1.54, 1.807) is 0 Å². The first-order chi connectivity index (χ1) is 7.68. The zero-order valence-corrected chi connectivity index (χ0v) is 10.6. The Balaban J connectivity index is 0.00000144. The van der Waals surface area contributed by atoms with Crippen LogP contribution in [-0.4, -0.2) is 17.5 Å². The fourth-order valence-corrected chi connectivity index (χ4v) is 1.88. The summed E-state index contributed by atoms with van der Waals surface area (Å²) in [6, 6.07) is 6.28. The Morgan fingerprint density at radius 1 is 1.35 bits per heavy atom. The Labute approximate surface area is 107 Å². The van der Waals surface area contributed by atoms with Crippen LogP contribution >= 0.6 is 12.4 Å². The maximum absolute atomic E-state index is 5.29. The Bertz CT molecular complexity index is 526. The Morgan fingerprint density at radius 2 is 2.12 bits per heavy atom. The summed E-state index contributed by atoms with van der Waals surface area (Å²) in [4.78, 5) is 7.27. The predicted octanol–water partition coefficient (Wildman–Crippen LogP) is 1.71. The molecule has 4 nitrogen and oxygen atoms in total. The van der Waals surface area contributed by atoms with E-state index in [-0.39, 0.29) is 18.4 Å². The van der Waals surface area contributed by atoms with Crippen LogP contribution in [0.2, 0.25) is 0 Å². The molecule has 2 rings (SSSR count). The number of nitrogens with zero attached hydrogens (tertiary/aromatic N) is 1. The van der Waals surface area contributed by atoms with E-state index in [1.807, 2.05) is 6.20 Å². The molecule has 0 saturated heterocycles. The topological polar surface area (TPSA) is 80.2 Å². The summed E-state index contributed by atoms with van der Waals surface area (Å²) in [6.07, 6.45) is 2.88. The van der Waals surface area contributed by atoms with E-state index in [2.05, 4.69) is 35.1 Å². The summed E-state index contributed by atoms with van der Waals surface area (Å²) >= 11 is 0. The van der Waals surface area contributed by atoms with Crippen LogP contribution in [0, 0.1) is 6.92 Å². The molecule has 0 aliphatic rings. The quantitative estimate of drug-likeness (QED) is 0.574. The summed E-state index contributed by atoms with van der Waals surface area (Å²) in [6.45, 7) is 2.72. The molecule has 0 aliphatic heterocycles. The van der Waals surface area contributed by atoms with E-state index >= 15 is 0 Å². The van der Waals surface area contributed by atoms with Crippen molar-refractivity contribution in [3.05, 3.63) is 35.5 Å². The van der Waals surface area contributed by atoms with E-state index in [9.17, 15) is 0 Å². The van der Waals surface area contributed by atoms with Gasteiger partial charge >= 0.3 is 0 Å². The highest BCUT2D eigenvalue weighted by Crippen LogP contribution is 2.21. The second-order valence-corrected chi connectivity index (χ2v) is 3.87. The van der Waals surface area contributed by atoms with Crippen LogP contribution in [0.3, 0.4) is 0 Å². The normalized spacial score (nSPS) is 9.94. The monoisotopic (exact) mass is 252 g/mol. The van der Waals surface area contributed by atoms with Gasteiger partial charge in [0.1, 0.15) is 0 Å². The number of hydrogen-bond acceptors (Lipinski definition) is 1. The number of rotatable bonds is 3. The lowest BCUT2D eigenvalue weighted by molar-refractivity contribution is 0.969. The molecule has 5 heteroatoms. The molecule has 0 aliphatic carbocycles. The van der Waals surface area contributed by atoms with E-state index in [1.165, 1.54) is 22.0 Å². The van der Waals surface area contributed by atoms with Crippen molar-refractivity contribution in [2.75, 3.05) is 6.54 Å². The second kappa shape index (κ2) is 5.59. The minimum atomic E-state index is 0. The van der Waals surface area contributed by atoms with Crippen LogP contribution in [-0.2, 0) is 6.42 Å². The molecule has 5 N–H and O–H groups in total. The highest BCUT2D eigenvalue weighted by atomic mass is 35.5. The summed E-state index contributed by atoms with van der Waals surface area (Å²) < 4.78 is 0. The van der Waals surface area contributed by atoms with Gasteiger partial charge in [0.15, 0.2) is 5.96 Å². The molecule has 0 saturated carbocycles. The number of guanidine groups is 1. The van der Waals surface area contributed by atoms with Gasteiger partial charge in [0.05, 0.1) is 0 Å². The van der Waals surface area contributed by atoms with Gasteiger partial charge in [0.25, 0.3) is 0 Å². The molecule has 1 aromatic carbocycles. The number of aromatic nitrogens is 1. The standard InChI is InChI=1S/C12H16N4.ClH/c1-8-3-2-4-10-9(7-16-11(8)10)5-6-15-12(13)14;/h2-4,7,16H,5-6H2,1H3,(H4,13,14,15);1H. The molecule has 0 atom stereocenters. The number of aliphatic imine (C=N–C) groups is 1. The van der Waals surface area contributed by atoms with Gasteiger partial charge < -0.3 is 16.5 Å². The van der Waals surface area contributed by atoms with Gasteiger partial charge in [-0.25, -0.2) is 0 Å². The highest BCUT2D eigenvalue weighted by molar-refractivity contribution is 5.86. The average molecular weight is 253 g/mol. The van der Waals surface area contributed by atoms with Gasteiger partial charge in [-0.1, -0.05) is 18.2 Å². The first-order valence-electron chi connectivity index (χ1n) is 5.29. The molecule has 1 aromatic heterocycles. The molecule has 92 valence electrons. The van der Waals surface area contributed by atoms with Crippen LogP contribution < -0.4 is 11.5 Å². The fraction of sp³-hybridized carbons (Fsp3) is 0.250. The number of H-pyrrole nitrogens is 1. The molecular formula is C12H17ClN4. The molecule has 1 heterocycles. The van der Waals surface area contributed by atoms with Crippen molar-refractivity contribution in [1.29, 1.82) is 0 Å². The molecule has 0 spiro atoms. The van der Waals surface area contributed by atoms with E-state index in [4.69, 9.17) is 11.5 Å². The van der Waals surface area contributed by atoms with Crippen molar-refractivity contribution in [2.45, 2.75) is 13.3 Å². The number of aromatic amines is 1. The summed E-state index contributed by atoms with van der Waals surface area (Å²) in [5.41, 5.74) is 14.3. The predicted molar refractivity (Wildman–Crippen MR) is 74.7 cm³/mol. The number of benzene rings is 1. The highest BCUT2D eigenvalue weighted by Gasteiger charge is 2.04. The molecule has 0 unspecified atom stereocenters. The molecule has 2 aromatic rings. The van der Waals surface area contributed by atoms with Crippen molar-refractivity contribution in [3.8, 4) is 0 Å². The third-order valence-corrected chi connectivity index (χ3v) is 2.69. The number of aryl methyl sites for hydroxylation is 1. The van der Waals surface area contributed by atoms with Gasteiger partial charge in [-0.05, 0) is 24.5 Å². The largest absolute Gasteiger partial charge is 0.370 e. The molecule has 0 bridgehead atoms. The maximum atomic E-state index is 5.29. The van der Waals surface area contributed by atoms with Crippen molar-refractivity contribution in [1.82, 2.24) is 4.98 Å². The smallest absolute Gasteiger partial charge is 0.185 e. The van der Waals surface area contributed by atoms with E-state index in [0.29, 0.717) is 6.54 Å². The van der Waals surface area contributed by atoms with Gasteiger partial charge in [-0.15, -0.1) is 12.4 Å². The third-order valence-electron chi connectivity index (χ3n) is 2.69. The van der Waals surface area contributed by atoms with Crippen LogP contribution in [0.1, 0.15) is 11.1 Å². The Kier molecular flexibility index (Phi) is 4.40. The fourth-order valence-electron chi connectivity index (χ4n) is 1.88. The lowest BCUT2D eigenvalue weighted by Crippen LogP contribution is -2.23. The van der Waals surface area contributed by atoms with Crippen LogP contribution in [0.15, 0.2) is 29.4 Å². The zero-order chi connectivity index (χ0) is 11.5. The summed E-state index contributed by atoms with van der Waals surface area (Å²) in [5, 5.41) is 1.26. The molecule has 0 fully saturated rings. The third kappa shape index (κ3) is 2.91. The molecular weight excluding hydrogens is 236 g/mol. The van der Waals surface area contributed by atoms with Crippen molar-refractivity contribution in [2.24, 2.45) is 16.5 Å². The van der Waals surface area contributed by atoms with Crippen LogP contribution in [0.25, 0.3) is 10.9 Å². The minimum Gasteiger partial charge on any atom is -0.370 e. The van der Waals surface area contributed by atoms with Crippen molar-refractivity contribution >= 4 is 29.3 Å². The Morgan fingerprint density at radius 3 is 2.82 bits per heavy atom. The number of para-hydroxylation sites is 1. The van der Waals surface area contributed by atoms with Crippen LogP contribution in [0.5, 0.6) is 0 Å². The van der Waals surface area contributed by atoms with E-state index in [0.717, 1.165) is 6.42 Å². The molecule has 0 amide bonds. The van der Waals surface area contributed by atoms with Gasteiger partial charge in [-0.3, -0.25) is 4.99 Å². The second-order valence-electron chi connectivity index (χ2n) is 3.87. The van der Waals surface area contributed by atoms with Gasteiger partial charge in [-0.2, -0.15) is 0 Å². The maximum Gasteiger partial charge on any atom is 0.185 e. The van der Waals surface area contributed by atoms with Crippen molar-refractivity contribution < 1.29 is 0 Å². The summed E-state index contributed by atoms with van der Waals surface area (Å²) in [7, 11) is 0. The van der Waals surface area contributed by atoms with Crippen molar-refractivity contribution in [3.63, 3.8) is 0 Å². The molecule has 0 radical (unpaired) electrons. The number of nitrogens with one attached hydrogen (secondary N) is 1. The number of fused-ring (bicyclic) bond motifs is 1. The average Bonchev–Trinajstić information content (AvgIpc) is 2.63. The SMILES string of the molecule is Cc1cccc2c(CCN=C(N)N)c[nH]c12.Cl. The van der Waals surface area contributed by atoms with Gasteiger partial charge in [0.2, 0.25) is 0 Å². The first kappa shape index (κ1) is 13.4. The number of hydrogen-bond donors (Lipinski definition) is 3. The van der Waals surface area contributed by atoms with Crippen LogP contribution in [0.4, 0.5) is 0 Å². The minimum absolute atomic E-state index is 0. The van der Waals surface area contributed by atoms with E-state index < -0.39 is 0 Å². The molecule has 17 heavy (non-hydrogen) atoms. The lowest BCUT2D eigenvalue weighted by Gasteiger charge is -1.98. The number of nitrogens with two attached hydrogens (primary N) is 2. The van der Waals surface area contributed by atoms with Gasteiger partial charge in [0, 0.05) is 23.6 Å². The first-order valence-corrected chi connectivity index (χ1v) is 5.29. The zero-order valence-electron chi connectivity index (χ0n) is 9.73. The summed E-state index contributed by atoms with van der Waals surface area (Å²) in [5.74, 6) is 0.149. The number of halogens is 1. The lowest BCUT2D eigenvalue weighted by atomic mass is 10.1. The Hall–Kier alpha value is -1.68.